The lowest BCUT2D eigenvalue weighted by molar-refractivity contribution is -0.384. The van der Waals surface area contributed by atoms with E-state index in [9.17, 15) is 14.9 Å². The first-order valence-corrected chi connectivity index (χ1v) is 8.85. The van der Waals surface area contributed by atoms with Crippen molar-refractivity contribution in [3.8, 4) is 10.7 Å². The lowest BCUT2D eigenvalue weighted by Crippen LogP contribution is -2.30. The van der Waals surface area contributed by atoms with Crippen LogP contribution in [0.3, 0.4) is 0 Å². The Morgan fingerprint density at radius 1 is 1.42 bits per heavy atom. The van der Waals surface area contributed by atoms with Crippen LogP contribution < -0.4 is 0 Å². The third-order valence-corrected chi connectivity index (χ3v) is 4.78. The second-order valence-electron chi connectivity index (χ2n) is 5.23. The summed E-state index contributed by atoms with van der Waals surface area (Å²) in [6.07, 6.45) is 0. The summed E-state index contributed by atoms with van der Waals surface area (Å²) in [6, 6.07) is 7.50. The highest BCUT2D eigenvalue weighted by atomic mass is 35.5. The van der Waals surface area contributed by atoms with Crippen LogP contribution in [0.2, 0.25) is 5.02 Å². The van der Waals surface area contributed by atoms with Crippen LogP contribution in [0, 0.1) is 10.1 Å². The number of thiophene rings is 1. The number of nitrogens with zero attached hydrogens (tertiary/aromatic N) is 4. The van der Waals surface area contributed by atoms with Gasteiger partial charge in [-0.25, -0.2) is 0 Å². The van der Waals surface area contributed by atoms with E-state index in [2.05, 4.69) is 10.1 Å². The molecule has 0 bridgehead atoms. The summed E-state index contributed by atoms with van der Waals surface area (Å²) in [5.41, 5.74) is 0.00389. The molecule has 134 valence electrons. The van der Waals surface area contributed by atoms with Crippen molar-refractivity contribution in [1.29, 1.82) is 0 Å². The van der Waals surface area contributed by atoms with Crippen molar-refractivity contribution in [2.45, 2.75) is 13.5 Å². The van der Waals surface area contributed by atoms with Gasteiger partial charge in [-0.1, -0.05) is 22.8 Å². The first kappa shape index (κ1) is 18.0. The quantitative estimate of drug-likeness (QED) is 0.463. The molecule has 0 N–H and O–H groups in total. The van der Waals surface area contributed by atoms with Crippen LogP contribution in [0.5, 0.6) is 0 Å². The van der Waals surface area contributed by atoms with Gasteiger partial charge in [-0.2, -0.15) is 4.98 Å². The minimum Gasteiger partial charge on any atom is -0.337 e. The van der Waals surface area contributed by atoms with Gasteiger partial charge in [-0.15, -0.1) is 11.3 Å². The lowest BCUT2D eigenvalue weighted by Gasteiger charge is -2.19. The van der Waals surface area contributed by atoms with Crippen molar-refractivity contribution >= 4 is 34.5 Å². The van der Waals surface area contributed by atoms with Gasteiger partial charge < -0.3 is 9.42 Å². The summed E-state index contributed by atoms with van der Waals surface area (Å²) in [6.45, 7) is 2.29. The highest BCUT2D eigenvalue weighted by molar-refractivity contribution is 7.13. The topological polar surface area (TPSA) is 102 Å². The molecule has 2 heterocycles. The minimum atomic E-state index is -0.567. The van der Waals surface area contributed by atoms with Gasteiger partial charge in [0.05, 0.1) is 20.4 Å². The molecule has 0 aliphatic rings. The van der Waals surface area contributed by atoms with Crippen LogP contribution in [0.15, 0.2) is 40.2 Å². The van der Waals surface area contributed by atoms with Gasteiger partial charge in [0.1, 0.15) is 6.54 Å². The molecule has 26 heavy (non-hydrogen) atoms. The maximum Gasteiger partial charge on any atom is 0.270 e. The Balaban J connectivity index is 1.78. The largest absolute Gasteiger partial charge is 0.337 e. The van der Waals surface area contributed by atoms with E-state index in [0.29, 0.717) is 18.3 Å². The van der Waals surface area contributed by atoms with Gasteiger partial charge in [-0.05, 0) is 24.4 Å². The molecule has 10 heteroatoms. The molecule has 0 unspecified atom stereocenters. The van der Waals surface area contributed by atoms with Crippen LogP contribution in [0.25, 0.3) is 10.7 Å². The summed E-state index contributed by atoms with van der Waals surface area (Å²) < 4.78 is 5.22. The van der Waals surface area contributed by atoms with Crippen molar-refractivity contribution < 1.29 is 14.2 Å². The predicted octanol–water partition coefficient (Wildman–Crippen LogP) is 4.02. The maximum absolute atomic E-state index is 12.7. The summed E-state index contributed by atoms with van der Waals surface area (Å²) in [5, 5.41) is 16.6. The second kappa shape index (κ2) is 7.63. The lowest BCUT2D eigenvalue weighted by atomic mass is 10.1. The Bertz CT molecular complexity index is 942. The van der Waals surface area contributed by atoms with Crippen molar-refractivity contribution in [3.05, 3.63) is 62.3 Å². The van der Waals surface area contributed by atoms with Crippen molar-refractivity contribution in [2.24, 2.45) is 0 Å². The molecule has 0 saturated carbocycles. The monoisotopic (exact) mass is 392 g/mol. The van der Waals surface area contributed by atoms with Gasteiger partial charge in [-0.3, -0.25) is 14.9 Å². The molecule has 3 rings (SSSR count). The maximum atomic E-state index is 12.7. The average molecular weight is 393 g/mol. The van der Waals surface area contributed by atoms with Gasteiger partial charge >= 0.3 is 0 Å². The van der Waals surface area contributed by atoms with Gasteiger partial charge in [0.25, 0.3) is 11.6 Å². The van der Waals surface area contributed by atoms with E-state index in [4.69, 9.17) is 16.1 Å². The standard InChI is InChI=1S/C16H13ClN4O4S/c1-2-20(9-14-18-15(19-25-14)13-4-3-7-26-13)16(22)11-6-5-10(21(23)24)8-12(11)17/h3-8H,2,9H2,1H3. The number of benzene rings is 1. The summed E-state index contributed by atoms with van der Waals surface area (Å²) in [7, 11) is 0. The van der Waals surface area contributed by atoms with Gasteiger partial charge in [0.2, 0.25) is 11.7 Å². The summed E-state index contributed by atoms with van der Waals surface area (Å²) in [4.78, 5) is 29.6. The van der Waals surface area contributed by atoms with Crippen LogP contribution >= 0.6 is 22.9 Å². The average Bonchev–Trinajstić information content (AvgIpc) is 3.30. The molecule has 8 nitrogen and oxygen atoms in total. The molecule has 1 amide bonds. The molecule has 1 aromatic carbocycles. The summed E-state index contributed by atoms with van der Waals surface area (Å²) >= 11 is 7.53. The highest BCUT2D eigenvalue weighted by Gasteiger charge is 2.22. The molecule has 3 aromatic rings. The fourth-order valence-electron chi connectivity index (χ4n) is 2.28. The number of nitro groups is 1. The number of carbonyl (C=O) groups is 1. The highest BCUT2D eigenvalue weighted by Crippen LogP contribution is 2.25. The Kier molecular flexibility index (Phi) is 5.29. The number of carbonyl (C=O) groups excluding carboxylic acids is 1. The second-order valence-corrected chi connectivity index (χ2v) is 6.58. The van der Waals surface area contributed by atoms with Crippen molar-refractivity contribution in [3.63, 3.8) is 0 Å². The molecular weight excluding hydrogens is 380 g/mol. The number of hydrogen-bond acceptors (Lipinski definition) is 7. The van der Waals surface area contributed by atoms with E-state index in [1.807, 2.05) is 17.5 Å². The number of aromatic nitrogens is 2. The molecule has 0 aliphatic carbocycles. The molecular formula is C16H13ClN4O4S. The van der Waals surface area contributed by atoms with Crippen LogP contribution in [0.4, 0.5) is 5.69 Å². The van der Waals surface area contributed by atoms with Crippen LogP contribution in [-0.2, 0) is 6.54 Å². The SMILES string of the molecule is CCN(Cc1nc(-c2cccs2)no1)C(=O)c1ccc([N+](=O)[O-])cc1Cl. The van der Waals surface area contributed by atoms with Crippen molar-refractivity contribution in [1.82, 2.24) is 15.0 Å². The normalized spacial score (nSPS) is 10.7. The van der Waals surface area contributed by atoms with E-state index in [0.717, 1.165) is 10.9 Å². The van der Waals surface area contributed by atoms with E-state index < -0.39 is 4.92 Å². The summed E-state index contributed by atoms with van der Waals surface area (Å²) in [5.74, 6) is 0.386. The van der Waals surface area contributed by atoms with Crippen LogP contribution in [0.1, 0.15) is 23.2 Å². The first-order valence-electron chi connectivity index (χ1n) is 7.59. The third kappa shape index (κ3) is 3.73. The molecule has 0 aliphatic heterocycles. The van der Waals surface area contributed by atoms with E-state index in [1.165, 1.54) is 28.4 Å². The predicted molar refractivity (Wildman–Crippen MR) is 96.1 cm³/mol. The Labute approximate surface area is 157 Å². The van der Waals surface area contributed by atoms with E-state index >= 15 is 0 Å². The minimum absolute atomic E-state index is 0.0208. The third-order valence-electron chi connectivity index (χ3n) is 3.60. The molecule has 0 fully saturated rings. The zero-order valence-corrected chi connectivity index (χ0v) is 15.2. The molecule has 0 saturated heterocycles. The number of rotatable bonds is 6. The Hall–Kier alpha value is -2.78. The Morgan fingerprint density at radius 2 is 2.23 bits per heavy atom. The zero-order chi connectivity index (χ0) is 18.7. The molecule has 0 radical (unpaired) electrons. The van der Waals surface area contributed by atoms with Gasteiger partial charge in [0.15, 0.2) is 0 Å². The molecule has 0 atom stereocenters. The molecule has 2 aromatic heterocycles. The van der Waals surface area contributed by atoms with E-state index in [-0.39, 0.29) is 28.7 Å². The molecule has 0 spiro atoms. The number of nitro benzene ring substituents is 1. The van der Waals surface area contributed by atoms with Crippen molar-refractivity contribution in [2.75, 3.05) is 6.54 Å². The van der Waals surface area contributed by atoms with Gasteiger partial charge in [0, 0.05) is 18.7 Å². The number of non-ortho nitro benzene ring substituents is 1. The van der Waals surface area contributed by atoms with Crippen LogP contribution in [-0.4, -0.2) is 32.4 Å². The zero-order valence-electron chi connectivity index (χ0n) is 13.6. The number of hydrogen-bond donors (Lipinski definition) is 0. The fourth-order valence-corrected chi connectivity index (χ4v) is 3.18. The number of amides is 1. The Morgan fingerprint density at radius 3 is 2.85 bits per heavy atom. The first-order chi connectivity index (χ1) is 12.5. The van der Waals surface area contributed by atoms with E-state index in [1.54, 1.807) is 6.92 Å². The smallest absolute Gasteiger partial charge is 0.270 e. The fraction of sp³-hybridized carbons (Fsp3) is 0.188. The number of halogens is 1.